The Labute approximate surface area is 298 Å². The summed E-state index contributed by atoms with van der Waals surface area (Å²) < 4.78 is 6.15. The minimum absolute atomic E-state index is 0. The number of esters is 1. The molecular formula is C32H34CaN2O12. The van der Waals surface area contributed by atoms with Gasteiger partial charge in [-0.25, -0.2) is 4.79 Å². The first-order valence-corrected chi connectivity index (χ1v) is 13.9. The molecule has 3 aromatic rings. The number of benzene rings is 3. The van der Waals surface area contributed by atoms with Crippen LogP contribution in [0.5, 0.6) is 11.5 Å². The first kappa shape index (κ1) is 37.2. The summed E-state index contributed by atoms with van der Waals surface area (Å²) in [5.74, 6) is -6.26. The molecule has 0 aromatic heterocycles. The van der Waals surface area contributed by atoms with Crippen LogP contribution in [0, 0.1) is 13.8 Å². The number of aliphatic carboxylic acids is 4. The van der Waals surface area contributed by atoms with Crippen molar-refractivity contribution in [3.8, 4) is 11.5 Å². The summed E-state index contributed by atoms with van der Waals surface area (Å²) in [5, 5.41) is 59.3. The van der Waals surface area contributed by atoms with Gasteiger partial charge < -0.3 is 35.4 Å². The first-order chi connectivity index (χ1) is 21.6. The topological polar surface area (TPSA) is 222 Å². The van der Waals surface area contributed by atoms with E-state index in [0.29, 0.717) is 27.8 Å². The number of nitrogens with zero attached hydrogens (tertiary/aromatic N) is 2. The molecule has 0 amide bonds. The van der Waals surface area contributed by atoms with E-state index < -0.39 is 61.6 Å². The number of phenolic OH excluding ortho intramolecular Hbond substituents is 2. The summed E-state index contributed by atoms with van der Waals surface area (Å²) in [6, 6.07) is 12.6. The van der Waals surface area contributed by atoms with Crippen LogP contribution in [0.2, 0.25) is 0 Å². The SMILES string of the molecule is Cc1cc(C2(c3cc(C)c(O)c(CN(CC(=O)O)CC(=O)O)c3)OC(=O)c3ccccc32)cc(CN(CC(=O)O)CC(=O)O)c1O.[CaH2]. The summed E-state index contributed by atoms with van der Waals surface area (Å²) in [4.78, 5) is 61.4. The molecule has 4 rings (SSSR count). The van der Waals surface area contributed by atoms with Crippen LogP contribution in [0.4, 0.5) is 0 Å². The predicted octanol–water partition coefficient (Wildman–Crippen LogP) is 1.20. The molecular weight excluding hydrogens is 644 g/mol. The normalized spacial score (nSPS) is 13.1. The standard InChI is InChI=1S/C32H32N2O12.Ca.2H/c1-17-7-21(9-19(29(17)43)11-33(13-25(35)36)14-26(37)38)32(24-6-4-3-5-23(24)31(45)46-32)22-8-18(2)30(44)20(10-22)12-34(15-27(39)40)16-28(41)42;;;/h3-10,43-44H,11-16H2,1-2H3,(H,35,36)(H,37,38)(H,39,40)(H,41,42);;;. The van der Waals surface area contributed by atoms with Crippen molar-refractivity contribution in [1.82, 2.24) is 9.80 Å². The van der Waals surface area contributed by atoms with Gasteiger partial charge in [-0.1, -0.05) is 18.2 Å². The van der Waals surface area contributed by atoms with Crippen LogP contribution in [0.15, 0.2) is 48.5 Å². The van der Waals surface area contributed by atoms with E-state index in [1.165, 1.54) is 12.1 Å². The third-order valence-electron chi connectivity index (χ3n) is 7.57. The maximum absolute atomic E-state index is 13.3. The number of phenols is 2. The summed E-state index contributed by atoms with van der Waals surface area (Å²) in [5.41, 5.74) is 0.459. The van der Waals surface area contributed by atoms with Crippen LogP contribution in [0.25, 0.3) is 0 Å². The number of cyclic esters (lactones) is 1. The number of hydrogen-bond acceptors (Lipinski definition) is 10. The number of carboxylic acid groups (broad SMARTS) is 4. The van der Waals surface area contributed by atoms with E-state index in [1.54, 1.807) is 50.2 Å². The Bertz CT molecular complexity index is 1620. The number of fused-ring (bicyclic) bond motifs is 1. The summed E-state index contributed by atoms with van der Waals surface area (Å²) in [6.45, 7) is 0.0158. The molecule has 0 bridgehead atoms. The van der Waals surface area contributed by atoms with E-state index in [0.717, 1.165) is 9.80 Å². The Morgan fingerprint density at radius 3 is 1.45 bits per heavy atom. The van der Waals surface area contributed by atoms with Crippen molar-refractivity contribution in [3.63, 3.8) is 0 Å². The molecule has 0 aliphatic carbocycles. The van der Waals surface area contributed by atoms with Crippen LogP contribution in [-0.4, -0.2) is 134 Å². The summed E-state index contributed by atoms with van der Waals surface area (Å²) >= 11 is 0. The van der Waals surface area contributed by atoms with Gasteiger partial charge in [-0.2, -0.15) is 0 Å². The zero-order valence-corrected chi connectivity index (χ0v) is 24.9. The van der Waals surface area contributed by atoms with Gasteiger partial charge in [-0.05, 0) is 55.3 Å². The molecule has 0 saturated carbocycles. The van der Waals surface area contributed by atoms with Gasteiger partial charge in [0.05, 0.1) is 31.7 Å². The molecule has 14 nitrogen and oxygen atoms in total. The number of rotatable bonds is 14. The number of aryl methyl sites for hydroxylation is 2. The van der Waals surface area contributed by atoms with E-state index >= 15 is 0 Å². The van der Waals surface area contributed by atoms with Crippen LogP contribution in [0.3, 0.4) is 0 Å². The zero-order valence-electron chi connectivity index (χ0n) is 24.9. The number of carbonyl (C=O) groups is 5. The fourth-order valence-corrected chi connectivity index (χ4v) is 5.75. The van der Waals surface area contributed by atoms with E-state index in [1.807, 2.05) is 0 Å². The molecule has 3 aromatic carbocycles. The Balaban J connectivity index is 0.00000600. The second kappa shape index (κ2) is 15.1. The molecule has 0 fully saturated rings. The van der Waals surface area contributed by atoms with E-state index in [4.69, 9.17) is 4.74 Å². The average molecular weight is 679 g/mol. The molecule has 6 N–H and O–H groups in total. The van der Waals surface area contributed by atoms with Gasteiger partial charge in [0.15, 0.2) is 5.60 Å². The fraction of sp³-hybridized carbons (Fsp3) is 0.281. The monoisotopic (exact) mass is 678 g/mol. The van der Waals surface area contributed by atoms with Gasteiger partial charge >= 0.3 is 67.6 Å². The molecule has 15 heteroatoms. The third kappa shape index (κ3) is 8.21. The average Bonchev–Trinajstić information content (AvgIpc) is 3.25. The van der Waals surface area contributed by atoms with E-state index in [-0.39, 0.29) is 79.0 Å². The number of aromatic hydroxyl groups is 2. The summed E-state index contributed by atoms with van der Waals surface area (Å²) in [6.07, 6.45) is 0. The van der Waals surface area contributed by atoms with Crippen molar-refractivity contribution >= 4 is 67.6 Å². The Kier molecular flexibility index (Phi) is 12.0. The molecule has 1 aliphatic heterocycles. The van der Waals surface area contributed by atoms with Gasteiger partial charge in [0.1, 0.15) is 11.5 Å². The van der Waals surface area contributed by atoms with Crippen molar-refractivity contribution in [3.05, 3.63) is 93.0 Å². The van der Waals surface area contributed by atoms with Crippen molar-refractivity contribution < 1.29 is 59.3 Å². The molecule has 0 spiro atoms. The second-order valence-electron chi connectivity index (χ2n) is 11.1. The van der Waals surface area contributed by atoms with Crippen LogP contribution < -0.4 is 0 Å². The van der Waals surface area contributed by atoms with Crippen molar-refractivity contribution in [1.29, 1.82) is 0 Å². The number of hydrogen-bond donors (Lipinski definition) is 6. The quantitative estimate of drug-likeness (QED) is 0.104. The molecule has 0 atom stereocenters. The van der Waals surface area contributed by atoms with Gasteiger partial charge in [0.2, 0.25) is 0 Å². The molecule has 0 radical (unpaired) electrons. The predicted molar refractivity (Wildman–Crippen MR) is 167 cm³/mol. The molecule has 246 valence electrons. The summed E-state index contributed by atoms with van der Waals surface area (Å²) in [7, 11) is 0. The first-order valence-electron chi connectivity index (χ1n) is 13.9. The van der Waals surface area contributed by atoms with Crippen molar-refractivity contribution in [2.75, 3.05) is 26.2 Å². The van der Waals surface area contributed by atoms with Crippen molar-refractivity contribution in [2.45, 2.75) is 32.5 Å². The van der Waals surface area contributed by atoms with E-state index in [9.17, 15) is 54.6 Å². The van der Waals surface area contributed by atoms with Crippen LogP contribution in [-0.2, 0) is 42.6 Å². The van der Waals surface area contributed by atoms with Gasteiger partial charge in [0, 0.05) is 40.9 Å². The van der Waals surface area contributed by atoms with Crippen molar-refractivity contribution in [2.24, 2.45) is 0 Å². The Hall–Kier alpha value is -4.21. The van der Waals surface area contributed by atoms with Crippen LogP contribution in [0.1, 0.15) is 49.3 Å². The van der Waals surface area contributed by atoms with Crippen LogP contribution >= 0.6 is 0 Å². The molecule has 1 aliphatic rings. The molecule has 47 heavy (non-hydrogen) atoms. The van der Waals surface area contributed by atoms with Gasteiger partial charge in [0.25, 0.3) is 0 Å². The number of carboxylic acids is 4. The second-order valence-corrected chi connectivity index (χ2v) is 11.1. The molecule has 0 saturated heterocycles. The fourth-order valence-electron chi connectivity index (χ4n) is 5.75. The van der Waals surface area contributed by atoms with Gasteiger partial charge in [-0.15, -0.1) is 0 Å². The van der Waals surface area contributed by atoms with E-state index in [2.05, 4.69) is 0 Å². The zero-order chi connectivity index (χ0) is 33.9. The molecule has 0 unspecified atom stereocenters. The third-order valence-corrected chi connectivity index (χ3v) is 7.57. The number of ether oxygens (including phenoxy) is 1. The minimum atomic E-state index is -1.71. The Morgan fingerprint density at radius 1 is 0.681 bits per heavy atom. The maximum atomic E-state index is 13.3. The Morgan fingerprint density at radius 2 is 1.06 bits per heavy atom. The molecule has 1 heterocycles. The number of carbonyl (C=O) groups excluding carboxylic acids is 1. The van der Waals surface area contributed by atoms with Gasteiger partial charge in [-0.3, -0.25) is 29.0 Å².